The number of hydrogen-bond acceptors (Lipinski definition) is 4. The van der Waals surface area contributed by atoms with Gasteiger partial charge in [-0.1, -0.05) is 0 Å². The molecule has 8 nitrogen and oxygen atoms in total. The van der Waals surface area contributed by atoms with Crippen molar-refractivity contribution in [3.63, 3.8) is 0 Å². The van der Waals surface area contributed by atoms with Crippen molar-refractivity contribution in [1.82, 2.24) is 14.5 Å². The van der Waals surface area contributed by atoms with Gasteiger partial charge in [0.05, 0.1) is 12.1 Å². The van der Waals surface area contributed by atoms with E-state index in [1.807, 2.05) is 0 Å². The summed E-state index contributed by atoms with van der Waals surface area (Å²) < 4.78 is 27.5. The molecule has 0 aliphatic carbocycles. The number of aliphatic carboxylic acids is 1. The Bertz CT molecular complexity index is 513. The summed E-state index contributed by atoms with van der Waals surface area (Å²) in [7, 11) is -3.72. The molecule has 1 aromatic heterocycles. The van der Waals surface area contributed by atoms with Gasteiger partial charge in [0.25, 0.3) is 0 Å². The SMILES string of the molecule is O=C(O)C1CCCN(S(=O)(=O)Nc2ccn[nH]2)C1. The van der Waals surface area contributed by atoms with Gasteiger partial charge in [-0.3, -0.25) is 14.6 Å². The van der Waals surface area contributed by atoms with E-state index in [1.165, 1.54) is 12.3 Å². The summed E-state index contributed by atoms with van der Waals surface area (Å²) in [6.07, 6.45) is 2.47. The van der Waals surface area contributed by atoms with Crippen molar-refractivity contribution >= 4 is 22.0 Å². The highest BCUT2D eigenvalue weighted by atomic mass is 32.2. The minimum atomic E-state index is -3.72. The Morgan fingerprint density at radius 3 is 3.00 bits per heavy atom. The molecule has 0 spiro atoms. The maximum Gasteiger partial charge on any atom is 0.307 e. The molecule has 1 aromatic rings. The molecule has 2 rings (SSSR count). The van der Waals surface area contributed by atoms with Crippen molar-refractivity contribution in [1.29, 1.82) is 0 Å². The molecular formula is C9H14N4O4S. The highest BCUT2D eigenvalue weighted by Crippen LogP contribution is 2.20. The van der Waals surface area contributed by atoms with Gasteiger partial charge in [0, 0.05) is 19.2 Å². The summed E-state index contributed by atoms with van der Waals surface area (Å²) in [6, 6.07) is 1.48. The summed E-state index contributed by atoms with van der Waals surface area (Å²) in [5, 5.41) is 15.0. The number of nitrogens with one attached hydrogen (secondary N) is 2. The Balaban J connectivity index is 2.07. The van der Waals surface area contributed by atoms with E-state index in [-0.39, 0.29) is 12.4 Å². The first-order valence-electron chi connectivity index (χ1n) is 5.49. The number of carboxylic acids is 1. The van der Waals surface area contributed by atoms with Gasteiger partial charge in [0.15, 0.2) is 0 Å². The summed E-state index contributed by atoms with van der Waals surface area (Å²) >= 11 is 0. The average Bonchev–Trinajstić information content (AvgIpc) is 2.81. The topological polar surface area (TPSA) is 115 Å². The molecule has 18 heavy (non-hydrogen) atoms. The van der Waals surface area contributed by atoms with Gasteiger partial charge in [-0.15, -0.1) is 0 Å². The smallest absolute Gasteiger partial charge is 0.307 e. The van der Waals surface area contributed by atoms with Crippen LogP contribution in [0.3, 0.4) is 0 Å². The molecule has 1 aliphatic heterocycles. The quantitative estimate of drug-likeness (QED) is 0.707. The van der Waals surface area contributed by atoms with Crippen LogP contribution < -0.4 is 4.72 Å². The lowest BCUT2D eigenvalue weighted by molar-refractivity contribution is -0.142. The zero-order valence-electron chi connectivity index (χ0n) is 9.54. The molecule has 0 radical (unpaired) electrons. The number of aromatic nitrogens is 2. The highest BCUT2D eigenvalue weighted by molar-refractivity contribution is 7.90. The van der Waals surface area contributed by atoms with Crippen LogP contribution in [-0.2, 0) is 15.0 Å². The van der Waals surface area contributed by atoms with E-state index < -0.39 is 22.1 Å². The molecule has 3 N–H and O–H groups in total. The molecule has 1 aliphatic rings. The van der Waals surface area contributed by atoms with E-state index in [0.717, 1.165) is 4.31 Å². The zero-order valence-corrected chi connectivity index (χ0v) is 10.4. The first-order chi connectivity index (χ1) is 8.49. The third-order valence-corrected chi connectivity index (χ3v) is 4.30. The van der Waals surface area contributed by atoms with E-state index in [1.54, 1.807) is 0 Å². The molecule has 0 saturated carbocycles. The van der Waals surface area contributed by atoms with Gasteiger partial charge in [-0.05, 0) is 12.8 Å². The number of hydrogen-bond donors (Lipinski definition) is 3. The minimum Gasteiger partial charge on any atom is -0.481 e. The molecule has 0 amide bonds. The number of piperidine rings is 1. The maximum absolute atomic E-state index is 12.0. The molecule has 1 unspecified atom stereocenters. The third-order valence-electron chi connectivity index (χ3n) is 2.81. The van der Waals surface area contributed by atoms with Crippen molar-refractivity contribution < 1.29 is 18.3 Å². The fraction of sp³-hybridized carbons (Fsp3) is 0.556. The van der Waals surface area contributed by atoms with Crippen LogP contribution in [-0.4, -0.2) is 47.1 Å². The van der Waals surface area contributed by atoms with E-state index in [9.17, 15) is 13.2 Å². The normalized spacial score (nSPS) is 21.7. The molecule has 1 fully saturated rings. The first-order valence-corrected chi connectivity index (χ1v) is 6.93. The van der Waals surface area contributed by atoms with Crippen LogP contribution in [0, 0.1) is 5.92 Å². The van der Waals surface area contributed by atoms with E-state index in [4.69, 9.17) is 5.11 Å². The fourth-order valence-electron chi connectivity index (χ4n) is 1.88. The highest BCUT2D eigenvalue weighted by Gasteiger charge is 2.32. The van der Waals surface area contributed by atoms with Crippen molar-refractivity contribution in [2.45, 2.75) is 12.8 Å². The van der Waals surface area contributed by atoms with Crippen molar-refractivity contribution in [2.75, 3.05) is 17.8 Å². The van der Waals surface area contributed by atoms with Crippen molar-refractivity contribution in [2.24, 2.45) is 5.92 Å². The maximum atomic E-state index is 12.0. The standard InChI is InChI=1S/C9H14N4O4S/c14-9(15)7-2-1-5-13(6-7)18(16,17)12-8-3-4-10-11-8/h3-4,7H,1-2,5-6H2,(H,14,15)(H2,10,11,12). The molecule has 0 aromatic carbocycles. The number of carboxylic acid groups (broad SMARTS) is 1. The lowest BCUT2D eigenvalue weighted by Crippen LogP contribution is -2.44. The van der Waals surface area contributed by atoms with Gasteiger partial charge in [0.1, 0.15) is 5.82 Å². The Hall–Kier alpha value is -1.61. The van der Waals surface area contributed by atoms with Crippen LogP contribution in [0.4, 0.5) is 5.82 Å². The summed E-state index contributed by atoms with van der Waals surface area (Å²) in [5.74, 6) is -1.35. The predicted molar refractivity (Wildman–Crippen MR) is 63.1 cm³/mol. The lowest BCUT2D eigenvalue weighted by Gasteiger charge is -2.29. The van der Waals surface area contributed by atoms with Gasteiger partial charge < -0.3 is 5.11 Å². The molecule has 1 atom stereocenters. The minimum absolute atomic E-state index is 0.00119. The van der Waals surface area contributed by atoms with E-state index in [0.29, 0.717) is 19.4 Å². The molecule has 2 heterocycles. The Morgan fingerprint density at radius 2 is 2.39 bits per heavy atom. The van der Waals surface area contributed by atoms with E-state index in [2.05, 4.69) is 14.9 Å². The predicted octanol–water partition coefficient (Wildman–Crippen LogP) is -0.137. The number of H-pyrrole nitrogens is 1. The van der Waals surface area contributed by atoms with Crippen LogP contribution in [0.2, 0.25) is 0 Å². The number of carbonyl (C=O) groups is 1. The van der Waals surface area contributed by atoms with Crippen LogP contribution in [0.15, 0.2) is 12.3 Å². The second-order valence-electron chi connectivity index (χ2n) is 4.11. The molecule has 9 heteroatoms. The Kier molecular flexibility index (Phi) is 3.53. The lowest BCUT2D eigenvalue weighted by atomic mass is 10.0. The number of rotatable bonds is 4. The van der Waals surface area contributed by atoms with Gasteiger partial charge in [-0.25, -0.2) is 0 Å². The molecular weight excluding hydrogens is 260 g/mol. The van der Waals surface area contributed by atoms with Gasteiger partial charge >= 0.3 is 16.2 Å². The zero-order chi connectivity index (χ0) is 13.2. The van der Waals surface area contributed by atoms with E-state index >= 15 is 0 Å². The number of aromatic amines is 1. The summed E-state index contributed by atoms with van der Waals surface area (Å²) in [4.78, 5) is 10.9. The van der Waals surface area contributed by atoms with Crippen LogP contribution in [0.25, 0.3) is 0 Å². The van der Waals surface area contributed by atoms with Gasteiger partial charge in [-0.2, -0.15) is 17.8 Å². The third kappa shape index (κ3) is 2.79. The Morgan fingerprint density at radius 1 is 1.61 bits per heavy atom. The fourth-order valence-corrected chi connectivity index (χ4v) is 3.14. The van der Waals surface area contributed by atoms with Crippen molar-refractivity contribution in [3.8, 4) is 0 Å². The van der Waals surface area contributed by atoms with Crippen molar-refractivity contribution in [3.05, 3.63) is 12.3 Å². The summed E-state index contributed by atoms with van der Waals surface area (Å²) in [5.41, 5.74) is 0. The van der Waals surface area contributed by atoms with Crippen LogP contribution >= 0.6 is 0 Å². The second kappa shape index (κ2) is 4.94. The number of nitrogens with zero attached hydrogens (tertiary/aromatic N) is 2. The monoisotopic (exact) mass is 274 g/mol. The van der Waals surface area contributed by atoms with Crippen LogP contribution in [0.5, 0.6) is 0 Å². The first kappa shape index (κ1) is 12.8. The second-order valence-corrected chi connectivity index (χ2v) is 5.78. The largest absolute Gasteiger partial charge is 0.481 e. The average molecular weight is 274 g/mol. The summed E-state index contributed by atoms with van der Waals surface area (Å²) in [6.45, 7) is 0.325. The Labute approximate surface area is 104 Å². The van der Waals surface area contributed by atoms with Crippen LogP contribution in [0.1, 0.15) is 12.8 Å². The molecule has 0 bridgehead atoms. The molecule has 1 saturated heterocycles. The number of anilines is 1. The van der Waals surface area contributed by atoms with Gasteiger partial charge in [0.2, 0.25) is 0 Å². The molecule has 100 valence electrons.